The highest BCUT2D eigenvalue weighted by atomic mass is 16.7. The van der Waals surface area contributed by atoms with Crippen LogP contribution in [0.1, 0.15) is 31.4 Å². The number of methoxy groups -OCH3 is 1. The summed E-state index contributed by atoms with van der Waals surface area (Å²) in [6.07, 6.45) is -0.743. The Morgan fingerprint density at radius 3 is 1.83 bits per heavy atom. The molecule has 0 saturated heterocycles. The van der Waals surface area contributed by atoms with Crippen molar-refractivity contribution >= 4 is 5.78 Å². The summed E-state index contributed by atoms with van der Waals surface area (Å²) in [7, 11) is 1.55. The van der Waals surface area contributed by atoms with Gasteiger partial charge in [-0.25, -0.2) is 0 Å². The molecule has 1 saturated carbocycles. The molecule has 3 rings (SSSR count). The fourth-order valence-corrected chi connectivity index (χ4v) is 4.19. The standard InChI is InChI=1S/C25H32O5/c1-4-21-18(2)23(28-15-19-11-7-5-8-12-19)25(24(22(21)26)30-17-27-3)29-16-20-13-9-6-10-14-20/h5-14,18,21,23-25H,4,15-17H2,1-3H3/t18-,21-,23+,24-,25-/m1/s1. The number of ketones is 1. The van der Waals surface area contributed by atoms with Gasteiger partial charge >= 0.3 is 0 Å². The molecule has 0 aromatic heterocycles. The molecule has 1 fully saturated rings. The highest BCUT2D eigenvalue weighted by molar-refractivity contribution is 5.87. The van der Waals surface area contributed by atoms with Gasteiger partial charge < -0.3 is 18.9 Å². The van der Waals surface area contributed by atoms with Crippen LogP contribution in [0.25, 0.3) is 0 Å². The van der Waals surface area contributed by atoms with Crippen LogP contribution in [0.3, 0.4) is 0 Å². The highest BCUT2D eigenvalue weighted by Gasteiger charge is 2.49. The number of carbonyl (C=O) groups excluding carboxylic acids is 1. The van der Waals surface area contributed by atoms with Crippen molar-refractivity contribution in [1.29, 1.82) is 0 Å². The third-order valence-electron chi connectivity index (χ3n) is 5.80. The lowest BCUT2D eigenvalue weighted by atomic mass is 9.73. The Balaban J connectivity index is 1.82. The van der Waals surface area contributed by atoms with Gasteiger partial charge in [-0.3, -0.25) is 4.79 Å². The van der Waals surface area contributed by atoms with Crippen molar-refractivity contribution < 1.29 is 23.7 Å². The quantitative estimate of drug-likeness (QED) is 0.542. The Kier molecular flexibility index (Phi) is 8.58. The molecule has 2 aromatic rings. The SMILES string of the molecule is CC[C@H]1C(=O)[C@@H](OCOC)[C@H](OCc2ccccc2)[C@@H](OCc2ccccc2)[C@@H]1C. The number of hydrogen-bond donors (Lipinski definition) is 0. The van der Waals surface area contributed by atoms with Gasteiger partial charge in [0.15, 0.2) is 5.78 Å². The maximum absolute atomic E-state index is 13.2. The summed E-state index contributed by atoms with van der Waals surface area (Å²) < 4.78 is 23.6. The van der Waals surface area contributed by atoms with E-state index < -0.39 is 12.2 Å². The normalized spacial score (nSPS) is 26.6. The van der Waals surface area contributed by atoms with Crippen LogP contribution in [0.15, 0.2) is 60.7 Å². The molecule has 1 aliphatic carbocycles. The lowest BCUT2D eigenvalue weighted by Crippen LogP contribution is -2.58. The Bertz CT molecular complexity index is 764. The number of rotatable bonds is 10. The molecule has 162 valence electrons. The van der Waals surface area contributed by atoms with Gasteiger partial charge in [0, 0.05) is 13.0 Å². The number of ether oxygens (including phenoxy) is 4. The van der Waals surface area contributed by atoms with Gasteiger partial charge in [-0.1, -0.05) is 74.5 Å². The summed E-state index contributed by atoms with van der Waals surface area (Å²) in [6, 6.07) is 20.0. The van der Waals surface area contributed by atoms with E-state index in [-0.39, 0.29) is 30.5 Å². The molecule has 30 heavy (non-hydrogen) atoms. The second-order valence-corrected chi connectivity index (χ2v) is 7.79. The minimum atomic E-state index is -0.712. The second kappa shape index (κ2) is 11.4. The molecule has 0 aliphatic heterocycles. The van der Waals surface area contributed by atoms with Gasteiger partial charge in [-0.2, -0.15) is 0 Å². The molecule has 0 bridgehead atoms. The number of carbonyl (C=O) groups is 1. The van der Waals surface area contributed by atoms with Crippen molar-refractivity contribution in [3.63, 3.8) is 0 Å². The molecule has 0 amide bonds. The van der Waals surface area contributed by atoms with Crippen molar-refractivity contribution in [3.05, 3.63) is 71.8 Å². The first-order chi connectivity index (χ1) is 14.7. The van der Waals surface area contributed by atoms with Gasteiger partial charge in [-0.15, -0.1) is 0 Å². The Labute approximate surface area is 179 Å². The smallest absolute Gasteiger partial charge is 0.167 e. The van der Waals surface area contributed by atoms with E-state index in [1.165, 1.54) is 0 Å². The molecule has 0 N–H and O–H groups in total. The van der Waals surface area contributed by atoms with Crippen molar-refractivity contribution in [2.45, 2.75) is 51.8 Å². The maximum atomic E-state index is 13.2. The van der Waals surface area contributed by atoms with E-state index in [2.05, 4.69) is 6.92 Å². The molecule has 0 heterocycles. The molecular formula is C25H32O5. The average molecular weight is 413 g/mol. The van der Waals surface area contributed by atoms with Crippen molar-refractivity contribution in [3.8, 4) is 0 Å². The van der Waals surface area contributed by atoms with Gasteiger partial charge in [0.25, 0.3) is 0 Å². The van der Waals surface area contributed by atoms with Crippen molar-refractivity contribution in [2.24, 2.45) is 11.8 Å². The zero-order valence-electron chi connectivity index (χ0n) is 18.0. The Morgan fingerprint density at radius 1 is 0.800 bits per heavy atom. The topological polar surface area (TPSA) is 54.0 Å². The molecule has 0 radical (unpaired) electrons. The average Bonchev–Trinajstić information content (AvgIpc) is 2.78. The predicted molar refractivity (Wildman–Crippen MR) is 115 cm³/mol. The fourth-order valence-electron chi connectivity index (χ4n) is 4.19. The molecule has 0 spiro atoms. The zero-order valence-corrected chi connectivity index (χ0v) is 18.0. The van der Waals surface area contributed by atoms with Crippen molar-refractivity contribution in [2.75, 3.05) is 13.9 Å². The highest BCUT2D eigenvalue weighted by Crippen LogP contribution is 2.36. The Hall–Kier alpha value is -2.05. The van der Waals surface area contributed by atoms with E-state index in [0.29, 0.717) is 13.2 Å². The molecule has 5 heteroatoms. The van der Waals surface area contributed by atoms with Gasteiger partial charge in [0.1, 0.15) is 19.0 Å². The molecule has 0 unspecified atom stereocenters. The first-order valence-electron chi connectivity index (χ1n) is 10.6. The molecular weight excluding hydrogens is 380 g/mol. The number of benzene rings is 2. The van der Waals surface area contributed by atoms with E-state index in [1.54, 1.807) is 7.11 Å². The maximum Gasteiger partial charge on any atom is 0.167 e. The van der Waals surface area contributed by atoms with Crippen LogP contribution < -0.4 is 0 Å². The lowest BCUT2D eigenvalue weighted by Gasteiger charge is -2.44. The first-order valence-corrected chi connectivity index (χ1v) is 10.6. The Morgan fingerprint density at radius 2 is 1.33 bits per heavy atom. The third kappa shape index (κ3) is 5.55. The van der Waals surface area contributed by atoms with Crippen LogP contribution in [-0.4, -0.2) is 38.0 Å². The molecule has 1 aliphatic rings. The van der Waals surface area contributed by atoms with Crippen LogP contribution in [0.4, 0.5) is 0 Å². The minimum absolute atomic E-state index is 0.0226. The summed E-state index contributed by atoms with van der Waals surface area (Å²) in [6.45, 7) is 5.00. The summed E-state index contributed by atoms with van der Waals surface area (Å²) in [4.78, 5) is 13.2. The van der Waals surface area contributed by atoms with E-state index in [1.807, 2.05) is 67.6 Å². The number of Topliss-reactive ketones (excluding diaryl/α,β-unsaturated/α-hetero) is 1. The van der Waals surface area contributed by atoms with Gasteiger partial charge in [0.05, 0.1) is 19.3 Å². The largest absolute Gasteiger partial charge is 0.370 e. The van der Waals surface area contributed by atoms with Crippen molar-refractivity contribution in [1.82, 2.24) is 0 Å². The van der Waals surface area contributed by atoms with Crippen LogP contribution in [0, 0.1) is 11.8 Å². The van der Waals surface area contributed by atoms with E-state index in [9.17, 15) is 4.79 Å². The summed E-state index contributed by atoms with van der Waals surface area (Å²) in [5, 5.41) is 0. The van der Waals surface area contributed by atoms with Crippen LogP contribution in [0.2, 0.25) is 0 Å². The first kappa shape index (κ1) is 22.6. The predicted octanol–water partition coefficient (Wildman–Crippen LogP) is 4.39. The molecule has 5 nitrogen and oxygen atoms in total. The van der Waals surface area contributed by atoms with Crippen LogP contribution >= 0.6 is 0 Å². The lowest BCUT2D eigenvalue weighted by molar-refractivity contribution is -0.209. The zero-order chi connectivity index (χ0) is 21.3. The molecule has 2 aromatic carbocycles. The minimum Gasteiger partial charge on any atom is -0.370 e. The fraction of sp³-hybridized carbons (Fsp3) is 0.480. The van der Waals surface area contributed by atoms with Gasteiger partial charge in [-0.05, 0) is 23.5 Å². The van der Waals surface area contributed by atoms with Gasteiger partial charge in [0.2, 0.25) is 0 Å². The summed E-state index contributed by atoms with van der Waals surface area (Å²) >= 11 is 0. The van der Waals surface area contributed by atoms with E-state index in [0.717, 1.165) is 17.5 Å². The summed E-state index contributed by atoms with van der Waals surface area (Å²) in [5.41, 5.74) is 2.13. The third-order valence-corrected chi connectivity index (χ3v) is 5.80. The van der Waals surface area contributed by atoms with E-state index >= 15 is 0 Å². The monoisotopic (exact) mass is 412 g/mol. The number of hydrogen-bond acceptors (Lipinski definition) is 5. The van der Waals surface area contributed by atoms with Crippen LogP contribution in [-0.2, 0) is 37.0 Å². The summed E-state index contributed by atoms with van der Waals surface area (Å²) in [5.74, 6) is -0.0433. The van der Waals surface area contributed by atoms with E-state index in [4.69, 9.17) is 18.9 Å². The second-order valence-electron chi connectivity index (χ2n) is 7.79. The molecule has 5 atom stereocenters. The van der Waals surface area contributed by atoms with Crippen LogP contribution in [0.5, 0.6) is 0 Å².